The molecule has 0 amide bonds. The van der Waals surface area contributed by atoms with Gasteiger partial charge in [-0.3, -0.25) is 0 Å². The first-order chi connectivity index (χ1) is 6.83. The minimum absolute atomic E-state index is 0.745. The fourth-order valence-electron chi connectivity index (χ4n) is 3.07. The maximum absolute atomic E-state index is 3.91. The average molecular weight is 190 g/mol. The minimum atomic E-state index is 0.745. The largest absolute Gasteiger partial charge is 0.103 e. The Kier molecular flexibility index (Phi) is 3.10. The van der Waals surface area contributed by atoms with Gasteiger partial charge in [-0.25, -0.2) is 0 Å². The second kappa shape index (κ2) is 4.33. The zero-order valence-corrected chi connectivity index (χ0v) is 9.34. The number of allylic oxidation sites excluding steroid dienone is 3. The monoisotopic (exact) mass is 190 g/mol. The molecule has 2 bridgehead atoms. The van der Waals surface area contributed by atoms with Crippen LogP contribution in [0.5, 0.6) is 0 Å². The van der Waals surface area contributed by atoms with Gasteiger partial charge in [-0.2, -0.15) is 0 Å². The number of hydrogen-bond donors (Lipinski definition) is 0. The predicted octanol–water partition coefficient (Wildman–Crippen LogP) is 4.34. The molecule has 1 saturated carbocycles. The molecule has 3 atom stereocenters. The van der Waals surface area contributed by atoms with Gasteiger partial charge >= 0.3 is 0 Å². The van der Waals surface area contributed by atoms with Crippen molar-refractivity contribution in [3.63, 3.8) is 0 Å². The quantitative estimate of drug-likeness (QED) is 0.566. The Bertz CT molecular complexity index is 236. The lowest BCUT2D eigenvalue weighted by molar-refractivity contribution is 0.536. The summed E-state index contributed by atoms with van der Waals surface area (Å²) in [6, 6.07) is 0. The Morgan fingerprint density at radius 2 is 2.43 bits per heavy atom. The lowest BCUT2D eigenvalue weighted by Crippen LogP contribution is -2.01. The van der Waals surface area contributed by atoms with Gasteiger partial charge in [-0.05, 0) is 56.3 Å². The van der Waals surface area contributed by atoms with Gasteiger partial charge in [0.25, 0.3) is 0 Å². The van der Waals surface area contributed by atoms with E-state index >= 15 is 0 Å². The number of fused-ring (bicyclic) bond motifs is 2. The van der Waals surface area contributed by atoms with E-state index in [9.17, 15) is 0 Å². The normalized spacial score (nSPS) is 31.6. The average Bonchev–Trinajstić information content (AvgIpc) is 2.80. The molecule has 2 rings (SSSR count). The van der Waals surface area contributed by atoms with Crippen molar-refractivity contribution in [2.75, 3.05) is 0 Å². The van der Waals surface area contributed by atoms with Crippen LogP contribution in [0.4, 0.5) is 0 Å². The third-order valence-corrected chi connectivity index (χ3v) is 4.11. The molecule has 14 heavy (non-hydrogen) atoms. The summed E-state index contributed by atoms with van der Waals surface area (Å²) >= 11 is 0. The maximum Gasteiger partial charge on any atom is -0.0197 e. The molecule has 78 valence electrons. The molecule has 0 heteroatoms. The first-order valence-corrected chi connectivity index (χ1v) is 6.16. The van der Waals surface area contributed by atoms with E-state index in [0.717, 1.165) is 17.8 Å². The van der Waals surface area contributed by atoms with Crippen molar-refractivity contribution < 1.29 is 0 Å². The molecule has 0 aliphatic heterocycles. The van der Waals surface area contributed by atoms with Crippen LogP contribution >= 0.6 is 0 Å². The van der Waals surface area contributed by atoms with Crippen LogP contribution < -0.4 is 0 Å². The van der Waals surface area contributed by atoms with E-state index in [1.165, 1.54) is 38.5 Å². The fourth-order valence-corrected chi connectivity index (χ4v) is 3.07. The van der Waals surface area contributed by atoms with E-state index in [4.69, 9.17) is 0 Å². The summed E-state index contributed by atoms with van der Waals surface area (Å²) in [5, 5.41) is 0. The van der Waals surface area contributed by atoms with Crippen LogP contribution in [0.3, 0.4) is 0 Å². The molecule has 1 fully saturated rings. The van der Waals surface area contributed by atoms with Gasteiger partial charge in [0.05, 0.1) is 0 Å². The van der Waals surface area contributed by atoms with Gasteiger partial charge in [0, 0.05) is 0 Å². The molecular weight excluding hydrogens is 168 g/mol. The minimum Gasteiger partial charge on any atom is -0.103 e. The Hall–Kier alpha value is -0.520. The Balaban J connectivity index is 1.81. The van der Waals surface area contributed by atoms with Gasteiger partial charge in [0.2, 0.25) is 0 Å². The smallest absolute Gasteiger partial charge is 0.0197 e. The molecule has 0 aromatic carbocycles. The van der Waals surface area contributed by atoms with Crippen LogP contribution in [-0.2, 0) is 0 Å². The van der Waals surface area contributed by atoms with E-state index < -0.39 is 0 Å². The molecular formula is C14H22. The SMILES string of the molecule is C=CC(CC)CCC1=CC2CCC1C2. The first-order valence-electron chi connectivity index (χ1n) is 6.16. The van der Waals surface area contributed by atoms with Crippen molar-refractivity contribution in [2.24, 2.45) is 17.8 Å². The summed E-state index contributed by atoms with van der Waals surface area (Å²) in [6.07, 6.45) is 13.0. The molecule has 0 nitrogen and oxygen atoms in total. The van der Waals surface area contributed by atoms with Gasteiger partial charge < -0.3 is 0 Å². The van der Waals surface area contributed by atoms with E-state index in [0.29, 0.717) is 0 Å². The molecule has 0 aromatic rings. The Labute approximate surface area is 88.1 Å². The second-order valence-electron chi connectivity index (χ2n) is 4.95. The highest BCUT2D eigenvalue weighted by Gasteiger charge is 2.32. The van der Waals surface area contributed by atoms with Crippen LogP contribution in [0.15, 0.2) is 24.3 Å². The van der Waals surface area contributed by atoms with Crippen molar-refractivity contribution in [1.29, 1.82) is 0 Å². The topological polar surface area (TPSA) is 0 Å². The fraction of sp³-hybridized carbons (Fsp3) is 0.714. The summed E-state index contributed by atoms with van der Waals surface area (Å²) in [7, 11) is 0. The van der Waals surface area contributed by atoms with Crippen molar-refractivity contribution in [2.45, 2.75) is 45.4 Å². The van der Waals surface area contributed by atoms with Crippen molar-refractivity contribution in [3.05, 3.63) is 24.3 Å². The van der Waals surface area contributed by atoms with Crippen molar-refractivity contribution in [1.82, 2.24) is 0 Å². The summed E-state index contributed by atoms with van der Waals surface area (Å²) < 4.78 is 0. The van der Waals surface area contributed by atoms with E-state index in [-0.39, 0.29) is 0 Å². The van der Waals surface area contributed by atoms with Crippen LogP contribution in [0.2, 0.25) is 0 Å². The standard InChI is InChI=1S/C14H22/c1-3-11(4-2)5-7-13-9-12-6-8-14(13)10-12/h3,9,11-12,14H,1,4-8,10H2,2H3. The van der Waals surface area contributed by atoms with Crippen LogP contribution in [-0.4, -0.2) is 0 Å². The molecule has 2 aliphatic carbocycles. The highest BCUT2D eigenvalue weighted by atomic mass is 14.4. The second-order valence-corrected chi connectivity index (χ2v) is 4.95. The van der Waals surface area contributed by atoms with Crippen molar-refractivity contribution in [3.8, 4) is 0 Å². The molecule has 0 N–H and O–H groups in total. The first kappa shape index (κ1) is 10.0. The molecule has 0 spiro atoms. The summed E-state index contributed by atoms with van der Waals surface area (Å²) in [5.41, 5.74) is 1.78. The number of rotatable bonds is 5. The van der Waals surface area contributed by atoms with Gasteiger partial charge in [-0.1, -0.05) is 24.6 Å². The van der Waals surface area contributed by atoms with Gasteiger partial charge in [-0.15, -0.1) is 6.58 Å². The molecule has 0 saturated heterocycles. The van der Waals surface area contributed by atoms with E-state index in [2.05, 4.69) is 25.7 Å². The molecule has 0 heterocycles. The Morgan fingerprint density at radius 3 is 2.93 bits per heavy atom. The predicted molar refractivity (Wildman–Crippen MR) is 62.1 cm³/mol. The van der Waals surface area contributed by atoms with E-state index in [1.807, 2.05) is 0 Å². The molecule has 2 aliphatic rings. The highest BCUT2D eigenvalue weighted by molar-refractivity contribution is 5.19. The van der Waals surface area contributed by atoms with Gasteiger partial charge in [0.15, 0.2) is 0 Å². The molecule has 3 unspecified atom stereocenters. The molecule has 0 aromatic heterocycles. The maximum atomic E-state index is 3.91. The zero-order chi connectivity index (χ0) is 9.97. The lowest BCUT2D eigenvalue weighted by atomic mass is 9.90. The lowest BCUT2D eigenvalue weighted by Gasteiger charge is -2.15. The van der Waals surface area contributed by atoms with Crippen LogP contribution in [0, 0.1) is 17.8 Å². The Morgan fingerprint density at radius 1 is 1.57 bits per heavy atom. The highest BCUT2D eigenvalue weighted by Crippen LogP contribution is 2.45. The number of hydrogen-bond acceptors (Lipinski definition) is 0. The third-order valence-electron chi connectivity index (χ3n) is 4.11. The van der Waals surface area contributed by atoms with Crippen LogP contribution in [0.1, 0.15) is 45.4 Å². The van der Waals surface area contributed by atoms with Crippen LogP contribution in [0.25, 0.3) is 0 Å². The summed E-state index contributed by atoms with van der Waals surface area (Å²) in [6.45, 7) is 6.17. The molecule has 0 radical (unpaired) electrons. The summed E-state index contributed by atoms with van der Waals surface area (Å²) in [5.74, 6) is 2.68. The van der Waals surface area contributed by atoms with Gasteiger partial charge in [0.1, 0.15) is 0 Å². The third kappa shape index (κ3) is 1.94. The zero-order valence-electron chi connectivity index (χ0n) is 9.34. The van der Waals surface area contributed by atoms with Crippen molar-refractivity contribution >= 4 is 0 Å². The summed E-state index contributed by atoms with van der Waals surface area (Å²) in [4.78, 5) is 0. The van der Waals surface area contributed by atoms with E-state index in [1.54, 1.807) is 5.57 Å².